The van der Waals surface area contributed by atoms with E-state index in [1.165, 1.54) is 0 Å². The van der Waals surface area contributed by atoms with Gasteiger partial charge in [0.2, 0.25) is 5.91 Å². The molecule has 1 fully saturated rings. The monoisotopic (exact) mass is 265 g/mol. The fourth-order valence-corrected chi connectivity index (χ4v) is 2.48. The molecule has 0 bridgehead atoms. The lowest BCUT2D eigenvalue weighted by molar-refractivity contribution is -0.131. The molecule has 16 heavy (non-hydrogen) atoms. The number of hydrogen-bond donors (Lipinski definition) is 1. The van der Waals surface area contributed by atoms with Gasteiger partial charge in [0.1, 0.15) is 0 Å². The Labute approximate surface area is 106 Å². The van der Waals surface area contributed by atoms with Crippen molar-refractivity contribution in [1.29, 1.82) is 0 Å². The standard InChI is InChI=1S/C10H19NO3S2/c1-7(2)13-6-9-4-10(14-16-15)5-11(9)8(3)12/h7,9-10,15H,4-6H2,1-3H3/t9-,10+/m0/s1. The fraction of sp³-hybridized carbons (Fsp3) is 0.900. The van der Waals surface area contributed by atoms with E-state index >= 15 is 0 Å². The first kappa shape index (κ1) is 14.2. The number of likely N-dealkylation sites (tertiary alicyclic amines) is 1. The van der Waals surface area contributed by atoms with Gasteiger partial charge in [0.25, 0.3) is 0 Å². The van der Waals surface area contributed by atoms with E-state index in [-0.39, 0.29) is 24.2 Å². The van der Waals surface area contributed by atoms with Crippen LogP contribution in [0.1, 0.15) is 27.2 Å². The lowest BCUT2D eigenvalue weighted by Gasteiger charge is -2.23. The zero-order valence-electron chi connectivity index (χ0n) is 9.88. The van der Waals surface area contributed by atoms with Crippen molar-refractivity contribution in [2.24, 2.45) is 0 Å². The number of carbonyl (C=O) groups is 1. The largest absolute Gasteiger partial charge is 0.377 e. The molecule has 1 heterocycles. The van der Waals surface area contributed by atoms with Gasteiger partial charge in [-0.2, -0.15) is 0 Å². The van der Waals surface area contributed by atoms with Crippen molar-refractivity contribution < 1.29 is 13.7 Å². The first-order chi connectivity index (χ1) is 7.54. The van der Waals surface area contributed by atoms with Crippen LogP contribution in [0.4, 0.5) is 0 Å². The van der Waals surface area contributed by atoms with E-state index in [1.54, 1.807) is 6.92 Å². The zero-order chi connectivity index (χ0) is 12.1. The molecule has 0 unspecified atom stereocenters. The number of rotatable bonds is 5. The maximum Gasteiger partial charge on any atom is 0.219 e. The van der Waals surface area contributed by atoms with E-state index < -0.39 is 0 Å². The molecule has 2 atom stereocenters. The van der Waals surface area contributed by atoms with Gasteiger partial charge in [-0.05, 0) is 20.3 Å². The van der Waals surface area contributed by atoms with Crippen LogP contribution in [0.2, 0.25) is 0 Å². The SMILES string of the molecule is CC(=O)N1C[C@H](OSS)C[C@H]1COC(C)C. The molecule has 0 aliphatic carbocycles. The summed E-state index contributed by atoms with van der Waals surface area (Å²) in [6.45, 7) is 6.77. The summed E-state index contributed by atoms with van der Waals surface area (Å²) >= 11 is 5.01. The summed E-state index contributed by atoms with van der Waals surface area (Å²) in [4.78, 5) is 13.3. The van der Waals surface area contributed by atoms with Crippen LogP contribution in [0.25, 0.3) is 0 Å². The van der Waals surface area contributed by atoms with Crippen molar-refractivity contribution in [1.82, 2.24) is 4.90 Å². The predicted octanol–water partition coefficient (Wildman–Crippen LogP) is 1.91. The molecule has 1 aliphatic rings. The first-order valence-corrected chi connectivity index (χ1v) is 7.19. The Kier molecular flexibility index (Phi) is 5.96. The molecule has 0 aromatic heterocycles. The van der Waals surface area contributed by atoms with Crippen molar-refractivity contribution in [2.75, 3.05) is 13.2 Å². The van der Waals surface area contributed by atoms with Crippen LogP contribution < -0.4 is 0 Å². The quantitative estimate of drug-likeness (QED) is 0.468. The van der Waals surface area contributed by atoms with E-state index in [4.69, 9.17) is 8.92 Å². The number of ether oxygens (including phenoxy) is 1. The van der Waals surface area contributed by atoms with Crippen molar-refractivity contribution in [3.63, 3.8) is 0 Å². The van der Waals surface area contributed by atoms with Crippen molar-refractivity contribution in [3.05, 3.63) is 0 Å². The minimum Gasteiger partial charge on any atom is -0.377 e. The number of amides is 1. The van der Waals surface area contributed by atoms with Crippen LogP contribution in [0.15, 0.2) is 0 Å². The van der Waals surface area contributed by atoms with Gasteiger partial charge >= 0.3 is 0 Å². The van der Waals surface area contributed by atoms with Gasteiger partial charge in [-0.15, -0.1) is 0 Å². The highest BCUT2D eigenvalue weighted by molar-refractivity contribution is 8.66. The third kappa shape index (κ3) is 4.16. The Morgan fingerprint density at radius 2 is 2.31 bits per heavy atom. The fourth-order valence-electron chi connectivity index (χ4n) is 1.85. The van der Waals surface area contributed by atoms with Crippen LogP contribution >= 0.6 is 22.7 Å². The summed E-state index contributed by atoms with van der Waals surface area (Å²) in [6, 6.07) is 0.130. The predicted molar refractivity (Wildman–Crippen MR) is 68.3 cm³/mol. The topological polar surface area (TPSA) is 38.8 Å². The van der Waals surface area contributed by atoms with Crippen molar-refractivity contribution in [3.8, 4) is 0 Å². The van der Waals surface area contributed by atoms with Crippen molar-refractivity contribution >= 4 is 28.6 Å². The average Bonchev–Trinajstić information content (AvgIpc) is 2.59. The molecule has 1 aliphatic heterocycles. The van der Waals surface area contributed by atoms with Crippen LogP contribution in [-0.4, -0.2) is 42.2 Å². The van der Waals surface area contributed by atoms with Gasteiger partial charge in [0.05, 0.1) is 35.9 Å². The Balaban J connectivity index is 2.48. The lowest BCUT2D eigenvalue weighted by atomic mass is 10.2. The molecular formula is C10H19NO3S2. The number of thiol groups is 1. The smallest absolute Gasteiger partial charge is 0.219 e. The average molecular weight is 265 g/mol. The van der Waals surface area contributed by atoms with E-state index in [1.807, 2.05) is 18.7 Å². The maximum absolute atomic E-state index is 11.4. The number of nitrogens with zero attached hydrogens (tertiary/aromatic N) is 1. The summed E-state index contributed by atoms with van der Waals surface area (Å²) in [5.41, 5.74) is 0. The molecule has 0 N–H and O–H groups in total. The molecule has 0 aromatic carbocycles. The Morgan fingerprint density at radius 3 is 2.81 bits per heavy atom. The zero-order valence-corrected chi connectivity index (χ0v) is 11.6. The van der Waals surface area contributed by atoms with Crippen LogP contribution in [0, 0.1) is 0 Å². The van der Waals surface area contributed by atoms with Gasteiger partial charge in [-0.25, -0.2) is 0 Å². The third-order valence-electron chi connectivity index (χ3n) is 2.58. The lowest BCUT2D eigenvalue weighted by Crippen LogP contribution is -2.37. The minimum atomic E-state index is 0.0622. The molecule has 6 heteroatoms. The molecule has 0 spiro atoms. The summed E-state index contributed by atoms with van der Waals surface area (Å²) < 4.78 is 10.9. The Morgan fingerprint density at radius 1 is 1.62 bits per heavy atom. The van der Waals surface area contributed by atoms with E-state index in [0.29, 0.717) is 13.2 Å². The van der Waals surface area contributed by atoms with Crippen LogP contribution in [0.3, 0.4) is 0 Å². The Bertz CT molecular complexity index is 238. The molecule has 0 aromatic rings. The molecule has 1 rings (SSSR count). The molecule has 94 valence electrons. The van der Waals surface area contributed by atoms with Gasteiger partial charge in [0, 0.05) is 13.5 Å². The van der Waals surface area contributed by atoms with Gasteiger partial charge < -0.3 is 9.64 Å². The third-order valence-corrected chi connectivity index (χ3v) is 3.20. The molecular weight excluding hydrogens is 246 g/mol. The number of carbonyl (C=O) groups excluding carboxylic acids is 1. The summed E-state index contributed by atoms with van der Waals surface area (Å²) in [5, 5.41) is 0. The Hall–Kier alpha value is 0.0900. The maximum atomic E-state index is 11.4. The highest BCUT2D eigenvalue weighted by atomic mass is 33.1. The van der Waals surface area contributed by atoms with Crippen LogP contribution in [0.5, 0.6) is 0 Å². The molecule has 0 radical (unpaired) electrons. The summed E-state index contributed by atoms with van der Waals surface area (Å²) in [6.07, 6.45) is 1.07. The highest BCUT2D eigenvalue weighted by Crippen LogP contribution is 2.25. The second-order valence-corrected chi connectivity index (χ2v) is 5.02. The summed E-state index contributed by atoms with van der Waals surface area (Å²) in [5.74, 6) is 0.0765. The van der Waals surface area contributed by atoms with Crippen LogP contribution in [-0.2, 0) is 13.7 Å². The first-order valence-electron chi connectivity index (χ1n) is 5.40. The van der Waals surface area contributed by atoms with Crippen molar-refractivity contribution in [2.45, 2.75) is 45.4 Å². The minimum absolute atomic E-state index is 0.0622. The van der Waals surface area contributed by atoms with E-state index in [2.05, 4.69) is 11.7 Å². The van der Waals surface area contributed by atoms with E-state index in [0.717, 1.165) is 17.5 Å². The molecule has 4 nitrogen and oxygen atoms in total. The molecule has 0 saturated carbocycles. The van der Waals surface area contributed by atoms with Gasteiger partial charge in [-0.3, -0.25) is 8.98 Å². The summed E-state index contributed by atoms with van der Waals surface area (Å²) in [7, 11) is 0. The molecule has 1 saturated heterocycles. The second-order valence-electron chi connectivity index (χ2n) is 4.24. The van der Waals surface area contributed by atoms with Gasteiger partial charge in [0.15, 0.2) is 0 Å². The van der Waals surface area contributed by atoms with Gasteiger partial charge in [-0.1, -0.05) is 11.7 Å². The normalized spacial score (nSPS) is 25.4. The van der Waals surface area contributed by atoms with E-state index in [9.17, 15) is 4.79 Å². The highest BCUT2D eigenvalue weighted by Gasteiger charge is 2.34. The second kappa shape index (κ2) is 6.74. The molecule has 1 amide bonds. The number of hydrogen-bond acceptors (Lipinski definition) is 5.